The largest absolute Gasteiger partial charge is 0.477 e. The van der Waals surface area contributed by atoms with Crippen molar-refractivity contribution in [2.45, 2.75) is 36.8 Å². The third-order valence-corrected chi connectivity index (χ3v) is 5.46. The van der Waals surface area contributed by atoms with Gasteiger partial charge in [0.1, 0.15) is 9.88 Å². The number of nitrogens with zero attached hydrogens (tertiary/aromatic N) is 1. The summed E-state index contributed by atoms with van der Waals surface area (Å²) in [5.41, 5.74) is 0.410. The van der Waals surface area contributed by atoms with Gasteiger partial charge >= 0.3 is 5.97 Å². The average molecular weight is 386 g/mol. The number of aromatic nitrogens is 1. The third kappa shape index (κ3) is 4.31. The van der Waals surface area contributed by atoms with Crippen LogP contribution in [0.3, 0.4) is 0 Å². The van der Waals surface area contributed by atoms with Gasteiger partial charge < -0.3 is 5.11 Å². The molecule has 0 spiro atoms. The third-order valence-electron chi connectivity index (χ3n) is 2.73. The number of aromatic carboxylic acids is 1. The summed E-state index contributed by atoms with van der Waals surface area (Å²) in [6.45, 7) is 5.96. The molecule has 0 unspecified atom stereocenters. The Morgan fingerprint density at radius 3 is 2.67 bits per heavy atom. The summed E-state index contributed by atoms with van der Waals surface area (Å²) >= 11 is 6.38. The van der Waals surface area contributed by atoms with E-state index < -0.39 is 5.97 Å². The van der Waals surface area contributed by atoms with E-state index in [2.05, 4.69) is 20.9 Å². The maximum Gasteiger partial charge on any atom is 0.347 e. The van der Waals surface area contributed by atoms with Crippen molar-refractivity contribution in [3.8, 4) is 0 Å². The first-order valence-electron chi connectivity index (χ1n) is 6.39. The summed E-state index contributed by atoms with van der Waals surface area (Å²) in [5.74, 6) is -0.214. The number of thioether (sulfide) groups is 1. The predicted molar refractivity (Wildman–Crippen MR) is 91.5 cm³/mol. The predicted octanol–water partition coefficient (Wildman–Crippen LogP) is 5.19. The second kappa shape index (κ2) is 6.50. The number of hydrogen-bond acceptors (Lipinski definition) is 4. The van der Waals surface area contributed by atoms with Gasteiger partial charge in [0.25, 0.3) is 0 Å². The topological polar surface area (TPSA) is 50.2 Å². The Labute approximate surface area is 140 Å². The van der Waals surface area contributed by atoms with Crippen LogP contribution in [-0.2, 0) is 11.2 Å². The summed E-state index contributed by atoms with van der Waals surface area (Å²) in [7, 11) is 0. The Morgan fingerprint density at radius 2 is 2.14 bits per heavy atom. The minimum Gasteiger partial charge on any atom is -0.477 e. The summed E-state index contributed by atoms with van der Waals surface area (Å²) in [5, 5.41) is 10.2. The van der Waals surface area contributed by atoms with Crippen molar-refractivity contribution in [2.24, 2.45) is 0 Å². The molecule has 2 rings (SSSR count). The Kier molecular flexibility index (Phi) is 5.11. The van der Waals surface area contributed by atoms with Crippen molar-refractivity contribution in [1.29, 1.82) is 0 Å². The maximum atomic E-state index is 11.4. The van der Waals surface area contributed by atoms with E-state index in [0.717, 1.165) is 14.4 Å². The molecule has 0 bridgehead atoms. The molecule has 0 atom stereocenters. The van der Waals surface area contributed by atoms with Gasteiger partial charge in [-0.2, -0.15) is 0 Å². The van der Waals surface area contributed by atoms with E-state index in [1.165, 1.54) is 11.3 Å². The molecule has 1 N–H and O–H groups in total. The fraction of sp³-hybridized carbons (Fsp3) is 0.333. The molecule has 0 saturated heterocycles. The highest BCUT2D eigenvalue weighted by Crippen LogP contribution is 2.33. The van der Waals surface area contributed by atoms with Crippen molar-refractivity contribution in [3.05, 3.63) is 44.3 Å². The van der Waals surface area contributed by atoms with Gasteiger partial charge in [-0.25, -0.2) is 9.78 Å². The van der Waals surface area contributed by atoms with Gasteiger partial charge in [-0.3, -0.25) is 0 Å². The van der Waals surface area contributed by atoms with E-state index in [9.17, 15) is 9.90 Å². The number of carboxylic acids is 1. The fourth-order valence-corrected chi connectivity index (χ4v) is 4.39. The monoisotopic (exact) mass is 385 g/mol. The zero-order chi connectivity index (χ0) is 15.6. The number of hydrogen-bond donors (Lipinski definition) is 1. The van der Waals surface area contributed by atoms with E-state index in [1.54, 1.807) is 11.8 Å². The highest BCUT2D eigenvalue weighted by atomic mass is 79.9. The Morgan fingerprint density at radius 1 is 1.43 bits per heavy atom. The van der Waals surface area contributed by atoms with E-state index in [1.807, 2.05) is 45.0 Å². The van der Waals surface area contributed by atoms with E-state index >= 15 is 0 Å². The van der Waals surface area contributed by atoms with Crippen LogP contribution in [-0.4, -0.2) is 16.1 Å². The first-order valence-corrected chi connectivity index (χ1v) is 8.98. The van der Waals surface area contributed by atoms with Gasteiger partial charge in [-0.1, -0.05) is 42.8 Å². The molecule has 2 aromatic rings. The smallest absolute Gasteiger partial charge is 0.347 e. The summed E-state index contributed by atoms with van der Waals surface area (Å²) in [4.78, 5) is 17.4. The molecule has 0 aliphatic rings. The minimum absolute atomic E-state index is 0.261. The molecule has 0 aliphatic carbocycles. The standard InChI is InChI=1S/C15H16BrNO2S2/c1-15(2,3)13-12(14(18)19)21-11(17-13)8-20-10-6-4-5-9(16)7-10/h4-7H,8H2,1-3H3,(H,18,19). The van der Waals surface area contributed by atoms with Gasteiger partial charge in [0, 0.05) is 14.8 Å². The normalized spacial score (nSPS) is 11.6. The minimum atomic E-state index is -0.892. The van der Waals surface area contributed by atoms with Gasteiger partial charge in [-0.05, 0) is 18.2 Å². The van der Waals surface area contributed by atoms with Crippen LogP contribution in [0.5, 0.6) is 0 Å². The van der Waals surface area contributed by atoms with Crippen LogP contribution in [0.1, 0.15) is 41.1 Å². The first kappa shape index (κ1) is 16.5. The lowest BCUT2D eigenvalue weighted by molar-refractivity contribution is 0.0699. The Bertz CT molecular complexity index is 662. The van der Waals surface area contributed by atoms with Gasteiger partial charge in [0.05, 0.1) is 11.4 Å². The van der Waals surface area contributed by atoms with Crippen LogP contribution >= 0.6 is 39.0 Å². The van der Waals surface area contributed by atoms with Crippen LogP contribution < -0.4 is 0 Å². The molecule has 6 heteroatoms. The van der Waals surface area contributed by atoms with Crippen molar-refractivity contribution < 1.29 is 9.90 Å². The molecule has 0 fully saturated rings. The number of carboxylic acid groups (broad SMARTS) is 1. The lowest BCUT2D eigenvalue weighted by Crippen LogP contribution is -2.16. The van der Waals surface area contributed by atoms with E-state index in [-0.39, 0.29) is 5.41 Å². The number of halogens is 1. The van der Waals surface area contributed by atoms with Crippen molar-refractivity contribution in [3.63, 3.8) is 0 Å². The van der Waals surface area contributed by atoms with Crippen LogP contribution in [0.2, 0.25) is 0 Å². The molecule has 1 heterocycles. The number of benzene rings is 1. The average Bonchev–Trinajstić information content (AvgIpc) is 2.81. The SMILES string of the molecule is CC(C)(C)c1nc(CSc2cccc(Br)c2)sc1C(=O)O. The van der Waals surface area contributed by atoms with Crippen molar-refractivity contribution >= 4 is 45.0 Å². The van der Waals surface area contributed by atoms with Crippen molar-refractivity contribution in [2.75, 3.05) is 0 Å². The quantitative estimate of drug-likeness (QED) is 0.735. The molecule has 1 aromatic heterocycles. The van der Waals surface area contributed by atoms with Gasteiger partial charge in [-0.15, -0.1) is 23.1 Å². The molecule has 3 nitrogen and oxygen atoms in total. The van der Waals surface area contributed by atoms with Crippen LogP contribution in [0.25, 0.3) is 0 Å². The van der Waals surface area contributed by atoms with Crippen molar-refractivity contribution in [1.82, 2.24) is 4.98 Å². The molecular formula is C15H16BrNO2S2. The summed E-state index contributed by atoms with van der Waals surface area (Å²) < 4.78 is 1.04. The molecule has 0 saturated carbocycles. The van der Waals surface area contributed by atoms with E-state index in [0.29, 0.717) is 16.3 Å². The zero-order valence-electron chi connectivity index (χ0n) is 12.0. The highest BCUT2D eigenvalue weighted by molar-refractivity contribution is 9.10. The Hall–Kier alpha value is -0.850. The lowest BCUT2D eigenvalue weighted by atomic mass is 9.91. The number of rotatable bonds is 4. The van der Waals surface area contributed by atoms with Gasteiger partial charge in [0.15, 0.2) is 0 Å². The second-order valence-electron chi connectivity index (χ2n) is 5.59. The number of thiazole rings is 1. The van der Waals surface area contributed by atoms with Gasteiger partial charge in [0.2, 0.25) is 0 Å². The Balaban J connectivity index is 2.20. The molecule has 112 valence electrons. The zero-order valence-corrected chi connectivity index (χ0v) is 15.2. The van der Waals surface area contributed by atoms with E-state index in [4.69, 9.17) is 0 Å². The summed E-state index contributed by atoms with van der Waals surface area (Å²) in [6, 6.07) is 8.04. The van der Waals surface area contributed by atoms with Crippen LogP contribution in [0.15, 0.2) is 33.6 Å². The molecule has 0 amide bonds. The van der Waals surface area contributed by atoms with Crippen LogP contribution in [0.4, 0.5) is 0 Å². The molecule has 1 aromatic carbocycles. The molecule has 21 heavy (non-hydrogen) atoms. The van der Waals surface area contributed by atoms with Crippen LogP contribution in [0, 0.1) is 0 Å². The second-order valence-corrected chi connectivity index (χ2v) is 8.63. The fourth-order valence-electron chi connectivity index (χ4n) is 1.78. The summed E-state index contributed by atoms with van der Waals surface area (Å²) in [6.07, 6.45) is 0. The highest BCUT2D eigenvalue weighted by Gasteiger charge is 2.26. The number of carbonyl (C=O) groups is 1. The molecule has 0 radical (unpaired) electrons. The molecule has 0 aliphatic heterocycles. The lowest BCUT2D eigenvalue weighted by Gasteiger charge is -2.16. The molecular weight excluding hydrogens is 370 g/mol. The maximum absolute atomic E-state index is 11.4. The first-order chi connectivity index (χ1) is 9.77.